The van der Waals surface area contributed by atoms with Crippen molar-refractivity contribution in [2.45, 2.75) is 51.5 Å². The monoisotopic (exact) mass is 317 g/mol. The second-order valence-corrected chi connectivity index (χ2v) is 5.18. The third-order valence-electron chi connectivity index (χ3n) is 2.86. The molecule has 0 spiro atoms. The quantitative estimate of drug-likeness (QED) is 0.284. The highest BCUT2D eigenvalue weighted by Gasteiger charge is 2.08. The predicted molar refractivity (Wildman–Crippen MR) is 75.0 cm³/mol. The fourth-order valence-electron chi connectivity index (χ4n) is 1.84. The Morgan fingerprint density at radius 1 is 1.17 bits per heavy atom. The average molecular weight is 318 g/mol. The van der Waals surface area contributed by atoms with Crippen molar-refractivity contribution in [2.24, 2.45) is 0 Å². The summed E-state index contributed by atoms with van der Waals surface area (Å²) in [7, 11) is 0. The molecule has 0 fully saturated rings. The summed E-state index contributed by atoms with van der Waals surface area (Å²) in [4.78, 5) is 13.7. The highest BCUT2D eigenvalue weighted by molar-refractivity contribution is 9.09. The molecule has 0 aliphatic rings. The number of aromatic nitrogens is 2. The number of alkyl halides is 1. The minimum absolute atomic E-state index is 0.0650. The number of hydrogen-bond donors (Lipinski definition) is 0. The minimum Gasteiger partial charge on any atom is -0.358 e. The van der Waals surface area contributed by atoms with Crippen molar-refractivity contribution in [3.8, 4) is 0 Å². The molecule has 0 aliphatic carbocycles. The summed E-state index contributed by atoms with van der Waals surface area (Å²) in [5.74, 6) is -0.0650. The van der Waals surface area contributed by atoms with E-state index < -0.39 is 4.92 Å². The summed E-state index contributed by atoms with van der Waals surface area (Å²) < 4.78 is 1.79. The molecule has 0 N–H and O–H groups in total. The summed E-state index contributed by atoms with van der Waals surface area (Å²) in [6, 6.07) is 0. The molecule has 0 unspecified atom stereocenters. The molecular formula is C12H20BrN3O2. The molecule has 5 nitrogen and oxygen atoms in total. The van der Waals surface area contributed by atoms with Gasteiger partial charge in [0.2, 0.25) is 6.33 Å². The van der Waals surface area contributed by atoms with Crippen LogP contribution in [0.2, 0.25) is 0 Å². The van der Waals surface area contributed by atoms with Crippen LogP contribution in [0.15, 0.2) is 12.5 Å². The molecule has 0 radical (unpaired) electrons. The molecule has 0 amide bonds. The van der Waals surface area contributed by atoms with Crippen molar-refractivity contribution in [1.29, 1.82) is 0 Å². The van der Waals surface area contributed by atoms with Gasteiger partial charge in [-0.3, -0.25) is 0 Å². The molecule has 0 bridgehead atoms. The molecule has 1 aromatic heterocycles. The van der Waals surface area contributed by atoms with E-state index in [-0.39, 0.29) is 5.82 Å². The van der Waals surface area contributed by atoms with Crippen LogP contribution in [0, 0.1) is 10.1 Å². The van der Waals surface area contributed by atoms with Gasteiger partial charge < -0.3 is 14.7 Å². The summed E-state index contributed by atoms with van der Waals surface area (Å²) >= 11 is 3.42. The highest BCUT2D eigenvalue weighted by Crippen LogP contribution is 2.10. The van der Waals surface area contributed by atoms with Crippen molar-refractivity contribution in [3.05, 3.63) is 22.6 Å². The topological polar surface area (TPSA) is 61.0 Å². The Kier molecular flexibility index (Phi) is 7.64. The summed E-state index contributed by atoms with van der Waals surface area (Å²) in [5, 5.41) is 11.5. The van der Waals surface area contributed by atoms with Crippen LogP contribution in [0.1, 0.15) is 44.9 Å². The first kappa shape index (κ1) is 15.1. The SMILES string of the molecule is O=[N+]([O-])c1cn(CCCCCCCCCBr)cn1. The van der Waals surface area contributed by atoms with Gasteiger partial charge in [-0.2, -0.15) is 0 Å². The first-order valence-corrected chi connectivity index (χ1v) is 7.58. The number of nitro groups is 1. The third kappa shape index (κ3) is 6.14. The summed E-state index contributed by atoms with van der Waals surface area (Å²) in [6.45, 7) is 0.822. The van der Waals surface area contributed by atoms with Gasteiger partial charge >= 0.3 is 5.82 Å². The predicted octanol–water partition coefficient (Wildman–Crippen LogP) is 3.92. The lowest BCUT2D eigenvalue weighted by Crippen LogP contribution is -1.94. The van der Waals surface area contributed by atoms with E-state index in [1.54, 1.807) is 4.57 Å². The van der Waals surface area contributed by atoms with Gasteiger partial charge in [0.05, 0.1) is 0 Å². The fourth-order valence-corrected chi connectivity index (χ4v) is 2.23. The molecule has 0 atom stereocenters. The first-order valence-electron chi connectivity index (χ1n) is 6.46. The molecule has 1 heterocycles. The summed E-state index contributed by atoms with van der Waals surface area (Å²) in [5.41, 5.74) is 0. The number of halogens is 1. The lowest BCUT2D eigenvalue weighted by atomic mass is 10.1. The van der Waals surface area contributed by atoms with Crippen LogP contribution in [0.3, 0.4) is 0 Å². The minimum atomic E-state index is -0.458. The fraction of sp³-hybridized carbons (Fsp3) is 0.750. The van der Waals surface area contributed by atoms with E-state index in [4.69, 9.17) is 0 Å². The van der Waals surface area contributed by atoms with Crippen LogP contribution in [-0.4, -0.2) is 19.8 Å². The number of unbranched alkanes of at least 4 members (excludes halogenated alkanes) is 6. The number of aryl methyl sites for hydroxylation is 1. The average Bonchev–Trinajstić information content (AvgIpc) is 2.81. The molecule has 1 rings (SSSR count). The van der Waals surface area contributed by atoms with E-state index in [1.807, 2.05) is 0 Å². The molecule has 0 aromatic carbocycles. The van der Waals surface area contributed by atoms with E-state index in [0.717, 1.165) is 18.3 Å². The van der Waals surface area contributed by atoms with Crippen molar-refractivity contribution >= 4 is 21.7 Å². The van der Waals surface area contributed by atoms with E-state index >= 15 is 0 Å². The number of hydrogen-bond acceptors (Lipinski definition) is 3. The van der Waals surface area contributed by atoms with Gasteiger partial charge in [-0.15, -0.1) is 0 Å². The second kappa shape index (κ2) is 9.08. The van der Waals surface area contributed by atoms with Gasteiger partial charge in [0.15, 0.2) is 0 Å². The van der Waals surface area contributed by atoms with E-state index in [2.05, 4.69) is 20.9 Å². The summed E-state index contributed by atoms with van der Waals surface area (Å²) in [6.07, 6.45) is 11.7. The Bertz CT molecular complexity index is 355. The molecule has 0 saturated heterocycles. The van der Waals surface area contributed by atoms with E-state index in [1.165, 1.54) is 51.0 Å². The maximum Gasteiger partial charge on any atom is 0.381 e. The lowest BCUT2D eigenvalue weighted by molar-refractivity contribution is -0.389. The number of nitrogens with zero attached hydrogens (tertiary/aromatic N) is 3. The molecule has 1 aromatic rings. The Balaban J connectivity index is 2.02. The lowest BCUT2D eigenvalue weighted by Gasteiger charge is -2.01. The molecule has 18 heavy (non-hydrogen) atoms. The Morgan fingerprint density at radius 2 is 1.78 bits per heavy atom. The molecule has 0 saturated carbocycles. The highest BCUT2D eigenvalue weighted by atomic mass is 79.9. The number of imidazole rings is 1. The normalized spacial score (nSPS) is 10.7. The van der Waals surface area contributed by atoms with Gasteiger partial charge in [0.25, 0.3) is 0 Å². The third-order valence-corrected chi connectivity index (χ3v) is 3.42. The van der Waals surface area contributed by atoms with Crippen molar-refractivity contribution in [1.82, 2.24) is 9.55 Å². The van der Waals surface area contributed by atoms with Crippen LogP contribution in [-0.2, 0) is 6.54 Å². The van der Waals surface area contributed by atoms with Crippen molar-refractivity contribution < 1.29 is 4.92 Å². The molecule has 0 aliphatic heterocycles. The van der Waals surface area contributed by atoms with E-state index in [9.17, 15) is 10.1 Å². The Morgan fingerprint density at radius 3 is 2.33 bits per heavy atom. The Hall–Kier alpha value is -0.910. The van der Waals surface area contributed by atoms with Gasteiger partial charge in [-0.05, 0) is 22.7 Å². The van der Waals surface area contributed by atoms with Crippen molar-refractivity contribution in [2.75, 3.05) is 5.33 Å². The van der Waals surface area contributed by atoms with Gasteiger partial charge in [0, 0.05) is 11.9 Å². The molecular weight excluding hydrogens is 298 g/mol. The molecule has 6 heteroatoms. The van der Waals surface area contributed by atoms with Crippen molar-refractivity contribution in [3.63, 3.8) is 0 Å². The maximum atomic E-state index is 10.4. The Labute approximate surface area is 116 Å². The number of rotatable bonds is 10. The van der Waals surface area contributed by atoms with Crippen LogP contribution < -0.4 is 0 Å². The van der Waals surface area contributed by atoms with Crippen LogP contribution >= 0.6 is 15.9 Å². The standard InChI is InChI=1S/C12H20BrN3O2/c13-8-6-4-2-1-3-5-7-9-15-10-12(14-11-15)16(17)18/h10-11H,1-9H2. The zero-order chi connectivity index (χ0) is 13.2. The van der Waals surface area contributed by atoms with Gasteiger partial charge in [0.1, 0.15) is 6.20 Å². The maximum absolute atomic E-state index is 10.4. The zero-order valence-electron chi connectivity index (χ0n) is 10.6. The van der Waals surface area contributed by atoms with Crippen LogP contribution in [0.5, 0.6) is 0 Å². The smallest absolute Gasteiger partial charge is 0.358 e. The van der Waals surface area contributed by atoms with Crippen LogP contribution in [0.4, 0.5) is 5.82 Å². The van der Waals surface area contributed by atoms with Gasteiger partial charge in [-0.25, -0.2) is 0 Å². The van der Waals surface area contributed by atoms with Crippen LogP contribution in [0.25, 0.3) is 0 Å². The molecule has 102 valence electrons. The zero-order valence-corrected chi connectivity index (χ0v) is 12.1. The van der Waals surface area contributed by atoms with Gasteiger partial charge in [-0.1, -0.05) is 48.0 Å². The second-order valence-electron chi connectivity index (χ2n) is 4.39. The first-order chi connectivity index (χ1) is 8.74. The van der Waals surface area contributed by atoms with E-state index in [0.29, 0.717) is 0 Å². The largest absolute Gasteiger partial charge is 0.381 e.